The molecule has 3 rings (SSSR count). The van der Waals surface area contributed by atoms with E-state index in [9.17, 15) is 0 Å². The highest BCUT2D eigenvalue weighted by Gasteiger charge is 2.34. The van der Waals surface area contributed by atoms with Crippen molar-refractivity contribution in [1.29, 1.82) is 0 Å². The minimum absolute atomic E-state index is 0.578. The molecule has 4 heteroatoms. The summed E-state index contributed by atoms with van der Waals surface area (Å²) in [4.78, 5) is 2.63. The van der Waals surface area contributed by atoms with Gasteiger partial charge in [0.1, 0.15) is 0 Å². The lowest BCUT2D eigenvalue weighted by Crippen LogP contribution is -2.47. The predicted octanol–water partition coefficient (Wildman–Crippen LogP) is 2.02. The van der Waals surface area contributed by atoms with E-state index in [-0.39, 0.29) is 0 Å². The van der Waals surface area contributed by atoms with Gasteiger partial charge in [0.2, 0.25) is 0 Å². The van der Waals surface area contributed by atoms with Crippen molar-refractivity contribution in [2.45, 2.75) is 69.5 Å². The van der Waals surface area contributed by atoms with Crippen LogP contribution in [0.1, 0.15) is 51.4 Å². The van der Waals surface area contributed by atoms with E-state index in [0.29, 0.717) is 12.1 Å². The molecule has 0 aromatic heterocycles. The lowest BCUT2D eigenvalue weighted by molar-refractivity contribution is 0.321. The van der Waals surface area contributed by atoms with E-state index in [1.807, 2.05) is 0 Å². The van der Waals surface area contributed by atoms with E-state index in [4.69, 9.17) is 12.2 Å². The van der Waals surface area contributed by atoms with Gasteiger partial charge in [-0.05, 0) is 44.3 Å². The molecule has 1 saturated heterocycles. The van der Waals surface area contributed by atoms with Gasteiger partial charge >= 0.3 is 0 Å². The van der Waals surface area contributed by atoms with Gasteiger partial charge in [0, 0.05) is 31.2 Å². The quantitative estimate of drug-likeness (QED) is 0.765. The summed E-state index contributed by atoms with van der Waals surface area (Å²) in [5.74, 6) is 0. The Balaban J connectivity index is 1.38. The Morgan fingerprint density at radius 2 is 1.61 bits per heavy atom. The van der Waals surface area contributed by atoms with E-state index in [2.05, 4.69) is 15.5 Å². The van der Waals surface area contributed by atoms with E-state index in [0.717, 1.165) is 11.2 Å². The van der Waals surface area contributed by atoms with Crippen molar-refractivity contribution in [3.8, 4) is 0 Å². The van der Waals surface area contributed by atoms with Crippen LogP contribution >= 0.6 is 12.2 Å². The molecule has 0 radical (unpaired) electrons. The van der Waals surface area contributed by atoms with Crippen molar-refractivity contribution in [3.63, 3.8) is 0 Å². The van der Waals surface area contributed by atoms with Crippen LogP contribution in [0.5, 0.6) is 0 Å². The molecule has 102 valence electrons. The van der Waals surface area contributed by atoms with Gasteiger partial charge in [0.25, 0.3) is 0 Å². The Kier molecular flexibility index (Phi) is 4.04. The van der Waals surface area contributed by atoms with Crippen molar-refractivity contribution < 1.29 is 0 Å². The van der Waals surface area contributed by atoms with Crippen LogP contribution in [0, 0.1) is 0 Å². The molecule has 3 fully saturated rings. The summed E-state index contributed by atoms with van der Waals surface area (Å²) in [7, 11) is 0. The van der Waals surface area contributed by atoms with Crippen LogP contribution in [0.4, 0.5) is 0 Å². The van der Waals surface area contributed by atoms with E-state index < -0.39 is 0 Å². The Bertz CT molecular complexity index is 297. The summed E-state index contributed by atoms with van der Waals surface area (Å²) in [5.41, 5.74) is 0. The standard InChI is InChI=1S/C14H25N3S/c18-14(15-11-4-2-1-3-5-11)16-12-8-9-17(10-12)13-6-7-13/h11-13H,1-10H2,(H2,15,16,18). The summed E-state index contributed by atoms with van der Waals surface area (Å²) in [6.45, 7) is 2.45. The molecule has 1 heterocycles. The second-order valence-electron chi connectivity index (χ2n) is 6.16. The molecule has 1 aliphatic heterocycles. The molecular formula is C14H25N3S. The van der Waals surface area contributed by atoms with Gasteiger partial charge in [0.05, 0.1) is 0 Å². The normalized spacial score (nSPS) is 30.3. The molecule has 0 aromatic rings. The third kappa shape index (κ3) is 3.35. The van der Waals surface area contributed by atoms with E-state index in [1.54, 1.807) is 0 Å². The molecular weight excluding hydrogens is 242 g/mol. The van der Waals surface area contributed by atoms with Gasteiger partial charge in [-0.25, -0.2) is 0 Å². The van der Waals surface area contributed by atoms with Gasteiger partial charge in [0.15, 0.2) is 5.11 Å². The van der Waals surface area contributed by atoms with Crippen LogP contribution in [0.3, 0.4) is 0 Å². The molecule has 2 N–H and O–H groups in total. The molecule has 18 heavy (non-hydrogen) atoms. The molecule has 3 nitrogen and oxygen atoms in total. The SMILES string of the molecule is S=C(NC1CCCCC1)NC1CCN(C2CC2)C1. The Labute approximate surface area is 116 Å². The Hall–Kier alpha value is -0.350. The zero-order valence-electron chi connectivity index (χ0n) is 11.2. The summed E-state index contributed by atoms with van der Waals surface area (Å²) in [6.07, 6.45) is 10.8. The largest absolute Gasteiger partial charge is 0.360 e. The highest BCUT2D eigenvalue weighted by Crippen LogP contribution is 2.29. The van der Waals surface area contributed by atoms with Crippen LogP contribution in [-0.2, 0) is 0 Å². The average molecular weight is 267 g/mol. The van der Waals surface area contributed by atoms with Gasteiger partial charge in [-0.1, -0.05) is 19.3 Å². The Morgan fingerprint density at radius 1 is 0.889 bits per heavy atom. The molecule has 0 amide bonds. The van der Waals surface area contributed by atoms with Crippen LogP contribution < -0.4 is 10.6 Å². The predicted molar refractivity (Wildman–Crippen MR) is 78.7 cm³/mol. The molecule has 2 saturated carbocycles. The highest BCUT2D eigenvalue weighted by molar-refractivity contribution is 7.80. The zero-order chi connectivity index (χ0) is 12.4. The first-order valence-electron chi connectivity index (χ1n) is 7.62. The van der Waals surface area contributed by atoms with Crippen LogP contribution in [0.25, 0.3) is 0 Å². The van der Waals surface area contributed by atoms with Gasteiger partial charge < -0.3 is 10.6 Å². The minimum atomic E-state index is 0.578. The van der Waals surface area contributed by atoms with Crippen molar-refractivity contribution in [3.05, 3.63) is 0 Å². The smallest absolute Gasteiger partial charge is 0.166 e. The number of likely N-dealkylation sites (tertiary alicyclic amines) is 1. The number of nitrogens with one attached hydrogen (secondary N) is 2. The molecule has 0 aromatic carbocycles. The van der Waals surface area contributed by atoms with Gasteiger partial charge in [-0.2, -0.15) is 0 Å². The van der Waals surface area contributed by atoms with E-state index in [1.165, 1.54) is 64.5 Å². The minimum Gasteiger partial charge on any atom is -0.360 e. The second kappa shape index (κ2) is 5.74. The first-order valence-corrected chi connectivity index (χ1v) is 8.03. The number of nitrogens with zero attached hydrogens (tertiary/aromatic N) is 1. The van der Waals surface area contributed by atoms with Crippen molar-refractivity contribution in [2.24, 2.45) is 0 Å². The third-order valence-electron chi connectivity index (χ3n) is 4.56. The monoisotopic (exact) mass is 267 g/mol. The number of hydrogen-bond acceptors (Lipinski definition) is 2. The molecule has 0 bridgehead atoms. The highest BCUT2D eigenvalue weighted by atomic mass is 32.1. The number of rotatable bonds is 3. The Morgan fingerprint density at radius 3 is 2.33 bits per heavy atom. The fourth-order valence-corrected chi connectivity index (χ4v) is 3.67. The van der Waals surface area contributed by atoms with Crippen molar-refractivity contribution >= 4 is 17.3 Å². The molecule has 2 aliphatic carbocycles. The number of hydrogen-bond donors (Lipinski definition) is 2. The maximum Gasteiger partial charge on any atom is 0.166 e. The van der Waals surface area contributed by atoms with Crippen LogP contribution in [0.15, 0.2) is 0 Å². The maximum atomic E-state index is 5.45. The fraction of sp³-hybridized carbons (Fsp3) is 0.929. The van der Waals surface area contributed by atoms with Crippen LogP contribution in [0.2, 0.25) is 0 Å². The van der Waals surface area contributed by atoms with Gasteiger partial charge in [-0.3, -0.25) is 4.90 Å². The molecule has 3 aliphatic rings. The number of thiocarbonyl (C=S) groups is 1. The first-order chi connectivity index (χ1) is 8.81. The van der Waals surface area contributed by atoms with Crippen molar-refractivity contribution in [2.75, 3.05) is 13.1 Å². The van der Waals surface area contributed by atoms with Crippen LogP contribution in [-0.4, -0.2) is 41.2 Å². The molecule has 1 atom stereocenters. The summed E-state index contributed by atoms with van der Waals surface area (Å²) in [5, 5.41) is 7.92. The molecule has 1 unspecified atom stereocenters. The third-order valence-corrected chi connectivity index (χ3v) is 4.79. The van der Waals surface area contributed by atoms with E-state index >= 15 is 0 Å². The topological polar surface area (TPSA) is 27.3 Å². The maximum absolute atomic E-state index is 5.45. The second-order valence-corrected chi connectivity index (χ2v) is 6.57. The fourth-order valence-electron chi connectivity index (χ4n) is 3.34. The lowest BCUT2D eigenvalue weighted by atomic mass is 9.96. The summed E-state index contributed by atoms with van der Waals surface area (Å²) < 4.78 is 0. The van der Waals surface area contributed by atoms with Gasteiger partial charge in [-0.15, -0.1) is 0 Å². The van der Waals surface area contributed by atoms with Crippen molar-refractivity contribution in [1.82, 2.24) is 15.5 Å². The summed E-state index contributed by atoms with van der Waals surface area (Å²) in [6, 6.07) is 2.10. The lowest BCUT2D eigenvalue weighted by Gasteiger charge is -2.26. The zero-order valence-corrected chi connectivity index (χ0v) is 12.0. The molecule has 0 spiro atoms. The first kappa shape index (κ1) is 12.7. The average Bonchev–Trinajstić information content (AvgIpc) is 3.12. The summed E-state index contributed by atoms with van der Waals surface area (Å²) >= 11 is 5.45.